The van der Waals surface area contributed by atoms with Crippen LogP contribution in [-0.2, 0) is 4.79 Å². The topological polar surface area (TPSA) is 95.5 Å². The van der Waals surface area contributed by atoms with E-state index in [2.05, 4.69) is 26.5 Å². The molecule has 3 rings (SSSR count). The quantitative estimate of drug-likeness (QED) is 0.178. The predicted molar refractivity (Wildman–Crippen MR) is 131 cm³/mol. The molecular formula is C24H20BrClN2O6. The maximum atomic E-state index is 12.7. The van der Waals surface area contributed by atoms with Gasteiger partial charge in [0.05, 0.1) is 26.0 Å². The summed E-state index contributed by atoms with van der Waals surface area (Å²) in [5.41, 5.74) is 3.10. The van der Waals surface area contributed by atoms with Crippen LogP contribution in [0.15, 0.2) is 70.2 Å². The smallest absolute Gasteiger partial charge is 0.343 e. The molecule has 0 unspecified atom stereocenters. The molecule has 3 aromatic rings. The number of nitrogens with one attached hydrogen (secondary N) is 1. The molecule has 0 spiro atoms. The monoisotopic (exact) mass is 546 g/mol. The average Bonchev–Trinajstić information content (AvgIpc) is 2.84. The Morgan fingerprint density at radius 1 is 0.971 bits per heavy atom. The molecule has 0 atom stereocenters. The van der Waals surface area contributed by atoms with E-state index in [0.717, 1.165) is 4.47 Å². The van der Waals surface area contributed by atoms with Gasteiger partial charge in [-0.15, -0.1) is 0 Å². The number of ether oxygens (including phenoxy) is 4. The van der Waals surface area contributed by atoms with E-state index >= 15 is 0 Å². The molecule has 10 heteroatoms. The minimum Gasteiger partial charge on any atom is -0.493 e. The van der Waals surface area contributed by atoms with Crippen molar-refractivity contribution in [3.05, 3.63) is 81.3 Å². The van der Waals surface area contributed by atoms with Crippen molar-refractivity contribution >= 4 is 45.6 Å². The number of benzene rings is 3. The third-order valence-electron chi connectivity index (χ3n) is 4.37. The van der Waals surface area contributed by atoms with Crippen molar-refractivity contribution in [3.63, 3.8) is 0 Å². The fourth-order valence-electron chi connectivity index (χ4n) is 2.72. The molecule has 0 aromatic heterocycles. The minimum atomic E-state index is -0.599. The molecule has 0 radical (unpaired) electrons. The summed E-state index contributed by atoms with van der Waals surface area (Å²) in [4.78, 5) is 24.7. The lowest BCUT2D eigenvalue weighted by Crippen LogP contribution is -2.24. The van der Waals surface area contributed by atoms with Crippen LogP contribution in [0.4, 0.5) is 0 Å². The number of hydrogen-bond donors (Lipinski definition) is 1. The maximum absolute atomic E-state index is 12.7. The van der Waals surface area contributed by atoms with E-state index in [4.69, 9.17) is 30.5 Å². The maximum Gasteiger partial charge on any atom is 0.343 e. The van der Waals surface area contributed by atoms with Crippen LogP contribution >= 0.6 is 27.5 Å². The number of carbonyl (C=O) groups excluding carboxylic acids is 2. The van der Waals surface area contributed by atoms with E-state index < -0.39 is 11.9 Å². The molecule has 1 N–H and O–H groups in total. The Bertz CT molecular complexity index is 1200. The third-order valence-corrected chi connectivity index (χ3v) is 5.12. The first-order chi connectivity index (χ1) is 16.4. The molecule has 176 valence electrons. The van der Waals surface area contributed by atoms with Crippen molar-refractivity contribution in [2.45, 2.75) is 0 Å². The van der Waals surface area contributed by atoms with Crippen LogP contribution in [0.2, 0.25) is 5.02 Å². The van der Waals surface area contributed by atoms with Crippen molar-refractivity contribution in [2.75, 3.05) is 20.8 Å². The summed E-state index contributed by atoms with van der Waals surface area (Å²) >= 11 is 9.19. The second-order valence-corrected chi connectivity index (χ2v) is 8.03. The van der Waals surface area contributed by atoms with Gasteiger partial charge in [-0.3, -0.25) is 4.79 Å². The molecule has 8 nitrogen and oxygen atoms in total. The summed E-state index contributed by atoms with van der Waals surface area (Å²) < 4.78 is 22.0. The molecule has 3 aromatic carbocycles. The van der Waals surface area contributed by atoms with Gasteiger partial charge in [0.15, 0.2) is 18.1 Å². The number of carbonyl (C=O) groups is 2. The summed E-state index contributed by atoms with van der Waals surface area (Å²) in [6, 6.07) is 16.3. The Balaban J connectivity index is 1.65. The van der Waals surface area contributed by atoms with Gasteiger partial charge in [0.25, 0.3) is 5.91 Å². The highest BCUT2D eigenvalue weighted by atomic mass is 79.9. The van der Waals surface area contributed by atoms with Crippen molar-refractivity contribution in [3.8, 4) is 23.0 Å². The lowest BCUT2D eigenvalue weighted by molar-refractivity contribution is -0.123. The van der Waals surface area contributed by atoms with E-state index in [1.165, 1.54) is 26.5 Å². The van der Waals surface area contributed by atoms with Crippen LogP contribution in [0.25, 0.3) is 0 Å². The molecule has 0 aliphatic rings. The van der Waals surface area contributed by atoms with Crippen LogP contribution in [0, 0.1) is 0 Å². The van der Waals surface area contributed by atoms with Crippen molar-refractivity contribution in [2.24, 2.45) is 5.10 Å². The van der Waals surface area contributed by atoms with E-state index in [1.54, 1.807) is 54.6 Å². The number of rotatable bonds is 9. The summed E-state index contributed by atoms with van der Waals surface area (Å²) in [5.74, 6) is 0.575. The average molecular weight is 548 g/mol. The van der Waals surface area contributed by atoms with Gasteiger partial charge >= 0.3 is 5.97 Å². The molecule has 34 heavy (non-hydrogen) atoms. The number of nitrogens with zero attached hydrogens (tertiary/aromatic N) is 1. The van der Waals surface area contributed by atoms with Crippen LogP contribution in [-0.4, -0.2) is 38.9 Å². The molecule has 0 saturated heterocycles. The van der Waals surface area contributed by atoms with Gasteiger partial charge in [-0.1, -0.05) is 27.5 Å². The summed E-state index contributed by atoms with van der Waals surface area (Å²) in [6.45, 7) is -0.237. The highest BCUT2D eigenvalue weighted by Gasteiger charge is 2.15. The van der Waals surface area contributed by atoms with Gasteiger partial charge in [0, 0.05) is 15.1 Å². The summed E-state index contributed by atoms with van der Waals surface area (Å²) in [6.07, 6.45) is 1.36. The standard InChI is InChI=1S/C24H20BrClN2O6/c1-31-21-9-3-15(12-22(21)32-2)24(30)34-20-10-4-17(25)11-16(20)13-27-28-23(29)14-33-19-7-5-18(26)6-8-19/h3-13H,14H2,1-2H3,(H,28,29). The van der Waals surface area contributed by atoms with Gasteiger partial charge in [-0.25, -0.2) is 10.2 Å². The van der Waals surface area contributed by atoms with E-state index in [1.807, 2.05) is 0 Å². The van der Waals surface area contributed by atoms with Crippen LogP contribution in [0.5, 0.6) is 23.0 Å². The number of hydrazone groups is 1. The molecule has 0 aliphatic carbocycles. The number of halogens is 2. The fourth-order valence-corrected chi connectivity index (χ4v) is 3.23. The Morgan fingerprint density at radius 2 is 1.68 bits per heavy atom. The van der Waals surface area contributed by atoms with Gasteiger partial charge in [0.1, 0.15) is 11.5 Å². The van der Waals surface area contributed by atoms with Gasteiger partial charge in [0.2, 0.25) is 0 Å². The Labute approximate surface area is 209 Å². The van der Waals surface area contributed by atoms with Crippen LogP contribution < -0.4 is 24.4 Å². The number of hydrogen-bond acceptors (Lipinski definition) is 7. The largest absolute Gasteiger partial charge is 0.493 e. The van der Waals surface area contributed by atoms with Crippen molar-refractivity contribution < 1.29 is 28.5 Å². The lowest BCUT2D eigenvalue weighted by Gasteiger charge is -2.11. The van der Waals surface area contributed by atoms with E-state index in [9.17, 15) is 9.59 Å². The zero-order chi connectivity index (χ0) is 24.5. The first kappa shape index (κ1) is 25.1. The van der Waals surface area contributed by atoms with Crippen LogP contribution in [0.1, 0.15) is 15.9 Å². The van der Waals surface area contributed by atoms with Crippen LogP contribution in [0.3, 0.4) is 0 Å². The predicted octanol–water partition coefficient (Wildman–Crippen LogP) is 4.87. The minimum absolute atomic E-state index is 0.237. The SMILES string of the molecule is COc1ccc(C(=O)Oc2ccc(Br)cc2C=NNC(=O)COc2ccc(Cl)cc2)cc1OC. The second-order valence-electron chi connectivity index (χ2n) is 6.68. The summed E-state index contributed by atoms with van der Waals surface area (Å²) in [5, 5.41) is 4.49. The van der Waals surface area contributed by atoms with Gasteiger partial charge < -0.3 is 18.9 Å². The fraction of sp³-hybridized carbons (Fsp3) is 0.125. The molecular weight excluding hydrogens is 528 g/mol. The molecule has 0 bridgehead atoms. The van der Waals surface area contributed by atoms with Gasteiger partial charge in [-0.05, 0) is 60.7 Å². The lowest BCUT2D eigenvalue weighted by atomic mass is 10.2. The van der Waals surface area contributed by atoms with E-state index in [-0.39, 0.29) is 17.9 Å². The highest BCUT2D eigenvalue weighted by molar-refractivity contribution is 9.10. The highest BCUT2D eigenvalue weighted by Crippen LogP contribution is 2.29. The zero-order valence-corrected chi connectivity index (χ0v) is 20.6. The Kier molecular flexibility index (Phi) is 8.89. The van der Waals surface area contributed by atoms with Crippen molar-refractivity contribution in [1.82, 2.24) is 5.43 Å². The number of esters is 1. The molecule has 0 saturated carbocycles. The summed E-state index contributed by atoms with van der Waals surface area (Å²) in [7, 11) is 2.98. The second kappa shape index (κ2) is 12.1. The molecule has 0 heterocycles. The zero-order valence-electron chi connectivity index (χ0n) is 18.2. The first-order valence-corrected chi connectivity index (χ1v) is 11.0. The Morgan fingerprint density at radius 3 is 2.38 bits per heavy atom. The van der Waals surface area contributed by atoms with Crippen molar-refractivity contribution in [1.29, 1.82) is 0 Å². The Hall–Kier alpha value is -3.56. The molecule has 1 amide bonds. The number of amides is 1. The first-order valence-electron chi connectivity index (χ1n) is 9.83. The molecule has 0 fully saturated rings. The number of methoxy groups -OCH3 is 2. The molecule has 0 aliphatic heterocycles. The van der Waals surface area contributed by atoms with E-state index in [0.29, 0.717) is 27.8 Å². The third kappa shape index (κ3) is 6.97. The van der Waals surface area contributed by atoms with Gasteiger partial charge in [-0.2, -0.15) is 5.10 Å². The normalized spacial score (nSPS) is 10.6.